The molecule has 0 bridgehead atoms. The van der Waals surface area contributed by atoms with E-state index in [4.69, 9.17) is 16.1 Å². The van der Waals surface area contributed by atoms with Crippen LogP contribution in [0, 0.1) is 12.8 Å². The minimum atomic E-state index is -0.129. The number of amides is 1. The Morgan fingerprint density at radius 2 is 2.12 bits per heavy atom. The first kappa shape index (κ1) is 20.7. The monoisotopic (exact) mass is 450 g/mol. The number of hydrogen-bond donors (Lipinski definition) is 1. The molecule has 0 aliphatic heterocycles. The number of nitrogens with zero attached hydrogens (tertiary/aromatic N) is 3. The molecule has 3 aromatic heterocycles. The van der Waals surface area contributed by atoms with Gasteiger partial charge in [0.15, 0.2) is 0 Å². The number of benzene rings is 1. The summed E-state index contributed by atoms with van der Waals surface area (Å²) < 4.78 is 7.22. The standard InChI is InChI=1S/C24H23ClN4O3/c1-14-20-22(28-32-14)21-18(25)8-3-9-19(21)29(24(20)31)17-7-2-5-15(11-17)12-27-23(30)16-6-4-10-26-13-16/h3-4,6,8-10,13,15,17H,2,5,7,11-12H2,1H3,(H,27,30)/t15-,17+/m0/s1. The molecule has 0 saturated heterocycles. The second-order valence-corrected chi connectivity index (χ2v) is 8.82. The zero-order valence-corrected chi connectivity index (χ0v) is 18.4. The summed E-state index contributed by atoms with van der Waals surface area (Å²) in [4.78, 5) is 30.0. The fraction of sp³-hybridized carbons (Fsp3) is 0.333. The van der Waals surface area contributed by atoms with E-state index in [-0.39, 0.29) is 23.4 Å². The summed E-state index contributed by atoms with van der Waals surface area (Å²) in [6.45, 7) is 2.31. The van der Waals surface area contributed by atoms with E-state index in [0.29, 0.717) is 33.8 Å². The maximum Gasteiger partial charge on any atom is 0.264 e. The minimum Gasteiger partial charge on any atom is -0.360 e. The molecule has 1 N–H and O–H groups in total. The quantitative estimate of drug-likeness (QED) is 0.488. The molecule has 164 valence electrons. The van der Waals surface area contributed by atoms with E-state index in [2.05, 4.69) is 15.5 Å². The van der Waals surface area contributed by atoms with E-state index in [1.807, 2.05) is 16.7 Å². The average Bonchev–Trinajstić information content (AvgIpc) is 3.20. The van der Waals surface area contributed by atoms with Crippen LogP contribution in [0.15, 0.2) is 52.0 Å². The van der Waals surface area contributed by atoms with Gasteiger partial charge >= 0.3 is 0 Å². The zero-order valence-electron chi connectivity index (χ0n) is 17.7. The number of rotatable bonds is 4. The number of pyridine rings is 2. The molecule has 0 spiro atoms. The Morgan fingerprint density at radius 3 is 2.94 bits per heavy atom. The largest absolute Gasteiger partial charge is 0.360 e. The molecule has 2 atom stereocenters. The molecule has 7 nitrogen and oxygen atoms in total. The Labute approximate surface area is 189 Å². The number of carbonyl (C=O) groups excluding carboxylic acids is 1. The summed E-state index contributed by atoms with van der Waals surface area (Å²) in [7, 11) is 0. The topological polar surface area (TPSA) is 90.0 Å². The summed E-state index contributed by atoms with van der Waals surface area (Å²) in [5.74, 6) is 0.641. The molecule has 0 unspecified atom stereocenters. The van der Waals surface area contributed by atoms with Gasteiger partial charge in [-0.25, -0.2) is 0 Å². The summed E-state index contributed by atoms with van der Waals surface area (Å²) in [5.41, 5.74) is 1.73. The molecule has 5 rings (SSSR count). The van der Waals surface area contributed by atoms with Crippen LogP contribution in [-0.2, 0) is 0 Å². The molecule has 4 aromatic rings. The fourth-order valence-electron chi connectivity index (χ4n) is 4.85. The highest BCUT2D eigenvalue weighted by molar-refractivity contribution is 6.37. The predicted molar refractivity (Wildman–Crippen MR) is 123 cm³/mol. The van der Waals surface area contributed by atoms with E-state index in [9.17, 15) is 9.59 Å². The lowest BCUT2D eigenvalue weighted by atomic mass is 9.85. The van der Waals surface area contributed by atoms with Crippen molar-refractivity contribution < 1.29 is 9.32 Å². The molecule has 1 fully saturated rings. The third-order valence-corrected chi connectivity index (χ3v) is 6.69. The number of carbonyl (C=O) groups is 1. The predicted octanol–water partition coefficient (Wildman–Crippen LogP) is 4.66. The third kappa shape index (κ3) is 3.56. The summed E-state index contributed by atoms with van der Waals surface area (Å²) >= 11 is 6.53. The molecule has 0 radical (unpaired) electrons. The number of aromatic nitrogens is 3. The normalized spacial score (nSPS) is 18.8. The molecule has 1 aliphatic carbocycles. The first-order valence-electron chi connectivity index (χ1n) is 10.8. The number of nitrogens with one attached hydrogen (secondary N) is 1. The Kier molecular flexibility index (Phi) is 5.43. The zero-order chi connectivity index (χ0) is 22.2. The molecular formula is C24H23ClN4O3. The van der Waals surface area contributed by atoms with Crippen LogP contribution in [0.25, 0.3) is 21.8 Å². The van der Waals surface area contributed by atoms with Gasteiger partial charge in [-0.1, -0.05) is 29.2 Å². The second-order valence-electron chi connectivity index (χ2n) is 8.41. The third-order valence-electron chi connectivity index (χ3n) is 6.38. The maximum absolute atomic E-state index is 13.5. The lowest BCUT2D eigenvalue weighted by molar-refractivity contribution is 0.0940. The van der Waals surface area contributed by atoms with Gasteiger partial charge in [0.05, 0.1) is 16.1 Å². The Bertz CT molecular complexity index is 1360. The van der Waals surface area contributed by atoms with Crippen molar-refractivity contribution in [3.63, 3.8) is 0 Å². The van der Waals surface area contributed by atoms with Gasteiger partial charge in [-0.15, -0.1) is 0 Å². The van der Waals surface area contributed by atoms with Crippen molar-refractivity contribution in [3.05, 3.63) is 69.4 Å². The smallest absolute Gasteiger partial charge is 0.264 e. The minimum absolute atomic E-state index is 0.0104. The molecule has 1 aromatic carbocycles. The lowest BCUT2D eigenvalue weighted by Gasteiger charge is -2.31. The van der Waals surface area contributed by atoms with Crippen molar-refractivity contribution in [2.75, 3.05) is 6.54 Å². The van der Waals surface area contributed by atoms with Gasteiger partial charge in [0.25, 0.3) is 11.5 Å². The summed E-state index contributed by atoms with van der Waals surface area (Å²) in [6, 6.07) is 9.08. The molecule has 32 heavy (non-hydrogen) atoms. The SMILES string of the molecule is Cc1onc2c1c(=O)n([C@@H]1CCC[C@H](CNC(=O)c3cccnc3)C1)c1cccc(Cl)c21. The molecule has 3 heterocycles. The van der Waals surface area contributed by atoms with E-state index >= 15 is 0 Å². The van der Waals surface area contributed by atoms with Gasteiger partial charge in [0.1, 0.15) is 16.7 Å². The molecule has 1 saturated carbocycles. The number of halogens is 1. The van der Waals surface area contributed by atoms with Gasteiger partial charge in [0, 0.05) is 30.4 Å². The first-order chi connectivity index (χ1) is 15.5. The molecule has 1 aliphatic rings. The Balaban J connectivity index is 1.46. The van der Waals surface area contributed by atoms with E-state index < -0.39 is 0 Å². The van der Waals surface area contributed by atoms with Crippen LogP contribution in [-0.4, -0.2) is 27.2 Å². The Hall–Kier alpha value is -3.19. The molecule has 1 amide bonds. The fourth-order valence-corrected chi connectivity index (χ4v) is 5.11. The lowest BCUT2D eigenvalue weighted by Crippen LogP contribution is -2.34. The summed E-state index contributed by atoms with van der Waals surface area (Å²) in [5, 5.41) is 8.92. The number of hydrogen-bond acceptors (Lipinski definition) is 5. The van der Waals surface area contributed by atoms with Crippen LogP contribution in [0.4, 0.5) is 0 Å². The first-order valence-corrected chi connectivity index (χ1v) is 11.2. The number of aryl methyl sites for hydroxylation is 1. The van der Waals surface area contributed by atoms with E-state index in [1.54, 1.807) is 37.5 Å². The van der Waals surface area contributed by atoms with Crippen LogP contribution < -0.4 is 10.9 Å². The maximum atomic E-state index is 13.5. The molecule has 8 heteroatoms. The average molecular weight is 451 g/mol. The van der Waals surface area contributed by atoms with Crippen molar-refractivity contribution >= 4 is 39.3 Å². The van der Waals surface area contributed by atoms with Crippen molar-refractivity contribution in [3.8, 4) is 0 Å². The Morgan fingerprint density at radius 1 is 1.25 bits per heavy atom. The second kappa shape index (κ2) is 8.39. The molecular weight excluding hydrogens is 428 g/mol. The highest BCUT2D eigenvalue weighted by Gasteiger charge is 2.28. The van der Waals surface area contributed by atoms with Crippen LogP contribution in [0.1, 0.15) is 47.8 Å². The van der Waals surface area contributed by atoms with Crippen molar-refractivity contribution in [1.82, 2.24) is 20.0 Å². The number of fused-ring (bicyclic) bond motifs is 3. The highest BCUT2D eigenvalue weighted by Crippen LogP contribution is 2.36. The summed E-state index contributed by atoms with van der Waals surface area (Å²) in [6.07, 6.45) is 6.88. The van der Waals surface area contributed by atoms with Crippen molar-refractivity contribution in [2.45, 2.75) is 38.6 Å². The highest BCUT2D eigenvalue weighted by atomic mass is 35.5. The van der Waals surface area contributed by atoms with Gasteiger partial charge < -0.3 is 14.4 Å². The van der Waals surface area contributed by atoms with Gasteiger partial charge in [-0.05, 0) is 56.4 Å². The van der Waals surface area contributed by atoms with Gasteiger partial charge in [-0.3, -0.25) is 14.6 Å². The van der Waals surface area contributed by atoms with Crippen molar-refractivity contribution in [1.29, 1.82) is 0 Å². The van der Waals surface area contributed by atoms with Gasteiger partial charge in [-0.2, -0.15) is 0 Å². The van der Waals surface area contributed by atoms with E-state index in [1.165, 1.54) is 0 Å². The van der Waals surface area contributed by atoms with Crippen LogP contribution in [0.3, 0.4) is 0 Å². The van der Waals surface area contributed by atoms with Crippen LogP contribution in [0.5, 0.6) is 0 Å². The van der Waals surface area contributed by atoms with Gasteiger partial charge in [0.2, 0.25) is 0 Å². The van der Waals surface area contributed by atoms with Crippen LogP contribution >= 0.6 is 11.6 Å². The van der Waals surface area contributed by atoms with E-state index in [0.717, 1.165) is 36.6 Å². The van der Waals surface area contributed by atoms with Crippen LogP contribution in [0.2, 0.25) is 5.02 Å². The van der Waals surface area contributed by atoms with Crippen molar-refractivity contribution in [2.24, 2.45) is 5.92 Å².